The molecule has 0 fully saturated rings. The van der Waals surface area contributed by atoms with Crippen molar-refractivity contribution in [1.29, 1.82) is 0 Å². The largest absolute Gasteiger partial charge is 0.343 e. The summed E-state index contributed by atoms with van der Waals surface area (Å²) in [5.41, 5.74) is 0. The van der Waals surface area contributed by atoms with Crippen molar-refractivity contribution in [1.82, 2.24) is 0 Å². The molecule has 9 heavy (non-hydrogen) atoms. The predicted octanol–water partition coefficient (Wildman–Crippen LogP) is 3.24. The Morgan fingerprint density at radius 3 is 1.00 bits per heavy atom. The van der Waals surface area contributed by atoms with Gasteiger partial charge in [-0.25, -0.2) is 0 Å². The van der Waals surface area contributed by atoms with E-state index in [9.17, 15) is 0 Å². The zero-order valence-electron chi connectivity index (χ0n) is 6.82. The van der Waals surface area contributed by atoms with Crippen molar-refractivity contribution >= 4 is 0 Å². The Morgan fingerprint density at radius 1 is 0.889 bits per heavy atom. The van der Waals surface area contributed by atoms with E-state index in [1.165, 1.54) is 12.8 Å². The van der Waals surface area contributed by atoms with Gasteiger partial charge in [-0.15, -0.1) is 0 Å². The second kappa shape index (κ2) is 23.0. The number of hydrogen-bond acceptors (Lipinski definition) is 0. The first-order chi connectivity index (χ1) is 3.83. The van der Waals surface area contributed by atoms with Crippen LogP contribution in [-0.2, 0) is 32.7 Å². The molecule has 0 saturated heterocycles. The molecule has 0 spiro atoms. The minimum Gasteiger partial charge on any atom is -0.343 e. The second-order valence-electron chi connectivity index (χ2n) is 1.71. The van der Waals surface area contributed by atoms with E-state index in [0.717, 1.165) is 12.8 Å². The van der Waals surface area contributed by atoms with Crippen molar-refractivity contribution in [3.8, 4) is 0 Å². The molecule has 0 aromatic carbocycles. The molecule has 0 saturated carbocycles. The third-order valence-electron chi connectivity index (χ3n) is 0.707. The van der Waals surface area contributed by atoms with E-state index in [0.29, 0.717) is 0 Å². The fourth-order valence-corrected chi connectivity index (χ4v) is 0. The maximum absolute atomic E-state index is 3.60. The van der Waals surface area contributed by atoms with Crippen LogP contribution in [0.5, 0.6) is 0 Å². The topological polar surface area (TPSA) is 0 Å². The fraction of sp³-hybridized carbons (Fsp3) is 0.750. The van der Waals surface area contributed by atoms with Crippen LogP contribution in [0.4, 0.5) is 0 Å². The van der Waals surface area contributed by atoms with Gasteiger partial charge in [0, 0.05) is 32.7 Å². The summed E-state index contributed by atoms with van der Waals surface area (Å²) >= 11 is 0. The number of rotatable bonds is 2. The Labute approximate surface area is 85.7 Å². The van der Waals surface area contributed by atoms with Gasteiger partial charge in [0.1, 0.15) is 0 Å². The molecule has 0 rings (SSSR count). The van der Waals surface area contributed by atoms with Gasteiger partial charge in [0.2, 0.25) is 0 Å². The summed E-state index contributed by atoms with van der Waals surface area (Å²) in [6.45, 7) is 11.4. The molecule has 0 amide bonds. The molecule has 1 radical (unpaired) electrons. The summed E-state index contributed by atoms with van der Waals surface area (Å²) in [4.78, 5) is 0. The van der Waals surface area contributed by atoms with Crippen LogP contribution in [0.2, 0.25) is 0 Å². The Hall–Kier alpha value is 1.10. The summed E-state index contributed by atoms with van der Waals surface area (Å²) in [7, 11) is 0. The average molecular weight is 203 g/mol. The van der Waals surface area contributed by atoms with Gasteiger partial charge in [0.15, 0.2) is 0 Å². The van der Waals surface area contributed by atoms with Crippen LogP contribution in [0.15, 0.2) is 0 Å². The van der Waals surface area contributed by atoms with Crippen LogP contribution >= 0.6 is 0 Å². The molecule has 0 heterocycles. The Morgan fingerprint density at radius 2 is 1.00 bits per heavy atom. The van der Waals surface area contributed by atoms with E-state index in [1.807, 2.05) is 0 Å². The van der Waals surface area contributed by atoms with Crippen LogP contribution in [0, 0.1) is 13.8 Å². The second-order valence-corrected chi connectivity index (χ2v) is 1.71. The summed E-state index contributed by atoms with van der Waals surface area (Å²) in [5.74, 6) is 0. The van der Waals surface area contributed by atoms with Crippen LogP contribution in [-0.4, -0.2) is 0 Å². The van der Waals surface area contributed by atoms with E-state index >= 15 is 0 Å². The Kier molecular flexibility index (Phi) is 42.3. The van der Waals surface area contributed by atoms with E-state index in [2.05, 4.69) is 27.7 Å². The molecule has 1 heteroatoms. The van der Waals surface area contributed by atoms with Crippen molar-refractivity contribution in [3.05, 3.63) is 13.8 Å². The number of hydrogen-bond donors (Lipinski definition) is 0. The van der Waals surface area contributed by atoms with Gasteiger partial charge in [-0.3, -0.25) is 0 Å². The SMILES string of the molecule is [CH2-]CCC.[CH2-]CCC.[Y]. The zero-order chi connectivity index (χ0) is 6.83. The molecule has 0 bridgehead atoms. The van der Waals surface area contributed by atoms with Crippen molar-refractivity contribution in [2.24, 2.45) is 0 Å². The van der Waals surface area contributed by atoms with E-state index < -0.39 is 0 Å². The van der Waals surface area contributed by atoms with Crippen LogP contribution < -0.4 is 0 Å². The maximum atomic E-state index is 3.60. The normalized spacial score (nSPS) is 6.67. The molecule has 0 N–H and O–H groups in total. The van der Waals surface area contributed by atoms with E-state index in [4.69, 9.17) is 0 Å². The molecule has 0 aliphatic rings. The molecule has 0 aliphatic heterocycles. The quantitative estimate of drug-likeness (QED) is 0.604. The molecule has 0 atom stereocenters. The van der Waals surface area contributed by atoms with E-state index in [-0.39, 0.29) is 32.7 Å². The van der Waals surface area contributed by atoms with Gasteiger partial charge in [-0.1, -0.05) is 26.7 Å². The fourth-order valence-electron chi connectivity index (χ4n) is 0. The Balaban J connectivity index is -0.0000000720. The predicted molar refractivity (Wildman–Crippen MR) is 40.5 cm³/mol. The van der Waals surface area contributed by atoms with E-state index in [1.54, 1.807) is 0 Å². The molecule has 0 unspecified atom stereocenters. The first kappa shape index (κ1) is 16.6. The standard InChI is InChI=1S/2C4H9.Y/c2*1-3-4-2;/h2*1,3-4H2,2H3;/q2*-1;. The van der Waals surface area contributed by atoms with Gasteiger partial charge < -0.3 is 13.8 Å². The third kappa shape index (κ3) is 47.7. The first-order valence-corrected chi connectivity index (χ1v) is 3.41. The minimum absolute atomic E-state index is 0. The van der Waals surface area contributed by atoms with Gasteiger partial charge in [0.25, 0.3) is 0 Å². The zero-order valence-corrected chi connectivity index (χ0v) is 9.66. The summed E-state index contributed by atoms with van der Waals surface area (Å²) in [5, 5.41) is 0. The summed E-state index contributed by atoms with van der Waals surface area (Å²) < 4.78 is 0. The van der Waals surface area contributed by atoms with Gasteiger partial charge in [-0.05, 0) is 0 Å². The minimum atomic E-state index is 0. The van der Waals surface area contributed by atoms with Crippen LogP contribution in [0.25, 0.3) is 0 Å². The van der Waals surface area contributed by atoms with Gasteiger partial charge in [-0.2, -0.15) is 12.8 Å². The Bertz CT molecular complexity index is 12.5. The maximum Gasteiger partial charge on any atom is 0 e. The molecule has 0 aliphatic carbocycles. The van der Waals surface area contributed by atoms with Crippen LogP contribution in [0.3, 0.4) is 0 Å². The molecular formula is C8H18Y-2. The third-order valence-corrected chi connectivity index (χ3v) is 0.707. The molecule has 55 valence electrons. The summed E-state index contributed by atoms with van der Waals surface area (Å²) in [6.07, 6.45) is 4.56. The molecule has 0 nitrogen and oxygen atoms in total. The van der Waals surface area contributed by atoms with Crippen molar-refractivity contribution in [2.75, 3.05) is 0 Å². The molecule has 0 aromatic heterocycles. The first-order valence-electron chi connectivity index (χ1n) is 3.41. The molecular weight excluding hydrogens is 185 g/mol. The summed E-state index contributed by atoms with van der Waals surface area (Å²) in [6, 6.07) is 0. The average Bonchev–Trinajstić information content (AvgIpc) is 1.88. The van der Waals surface area contributed by atoms with Gasteiger partial charge >= 0.3 is 0 Å². The molecule has 0 aromatic rings. The van der Waals surface area contributed by atoms with Crippen LogP contribution in [0.1, 0.15) is 39.5 Å². The van der Waals surface area contributed by atoms with Crippen molar-refractivity contribution in [3.63, 3.8) is 0 Å². The van der Waals surface area contributed by atoms with Crippen molar-refractivity contribution in [2.45, 2.75) is 39.5 Å². The monoisotopic (exact) mass is 203 g/mol. The smallest absolute Gasteiger partial charge is 0 e. The van der Waals surface area contributed by atoms with Crippen molar-refractivity contribution < 1.29 is 32.7 Å². The van der Waals surface area contributed by atoms with Gasteiger partial charge in [0.05, 0.1) is 0 Å². The number of unbranched alkanes of at least 4 members (excludes halogenated alkanes) is 2.